The second-order valence-corrected chi connectivity index (χ2v) is 8.96. The monoisotopic (exact) mass is 475 g/mol. The van der Waals surface area contributed by atoms with Gasteiger partial charge in [-0.05, 0) is 48.9 Å². The van der Waals surface area contributed by atoms with Crippen molar-refractivity contribution in [2.24, 2.45) is 0 Å². The second-order valence-electron chi connectivity index (χ2n) is 7.64. The first-order valence-corrected chi connectivity index (χ1v) is 11.6. The molecule has 0 amide bonds. The second kappa shape index (κ2) is 9.87. The molecule has 172 valence electrons. The predicted molar refractivity (Wildman–Crippen MR) is 127 cm³/mol. The third-order valence-corrected chi connectivity index (χ3v) is 6.70. The molecule has 1 aliphatic heterocycles. The molecule has 0 saturated carbocycles. The highest BCUT2D eigenvalue weighted by atomic mass is 32.2. The van der Waals surface area contributed by atoms with Crippen LogP contribution in [0.15, 0.2) is 84.7 Å². The lowest BCUT2D eigenvalue weighted by molar-refractivity contribution is -0.384. The van der Waals surface area contributed by atoms with Crippen LogP contribution in [0.2, 0.25) is 0 Å². The number of pyridine rings is 2. The van der Waals surface area contributed by atoms with Gasteiger partial charge in [-0.2, -0.15) is 5.10 Å². The first-order valence-electron chi connectivity index (χ1n) is 10.7. The Morgan fingerprint density at radius 2 is 1.91 bits per heavy atom. The number of rotatable bonds is 7. The summed E-state index contributed by atoms with van der Waals surface area (Å²) in [5.41, 5.74) is 0.822. The molecule has 0 spiro atoms. The number of hydrogen-bond donors (Lipinski definition) is 0. The fraction of sp³-hybridized carbons (Fsp3) is 0.217. The van der Waals surface area contributed by atoms with Crippen LogP contribution in [0, 0.1) is 10.1 Å². The molecule has 0 radical (unpaired) electrons. The van der Waals surface area contributed by atoms with E-state index in [0.29, 0.717) is 24.5 Å². The highest BCUT2D eigenvalue weighted by molar-refractivity contribution is 7.99. The van der Waals surface area contributed by atoms with Crippen LogP contribution in [-0.2, 0) is 0 Å². The largest absolute Gasteiger partial charge is 0.470 e. The molecule has 1 fully saturated rings. The van der Waals surface area contributed by atoms with Crippen molar-refractivity contribution in [1.29, 1.82) is 0 Å². The van der Waals surface area contributed by atoms with E-state index in [1.54, 1.807) is 41.2 Å². The average Bonchev–Trinajstić information content (AvgIpc) is 3.41. The minimum absolute atomic E-state index is 0.0338. The summed E-state index contributed by atoms with van der Waals surface area (Å²) in [5.74, 6) is 0.971. The number of hydrogen-bond acceptors (Lipinski definition) is 9. The molecule has 2 atom stereocenters. The minimum Gasteiger partial charge on any atom is -0.470 e. The maximum absolute atomic E-state index is 11.7. The van der Waals surface area contributed by atoms with Crippen molar-refractivity contribution in [1.82, 2.24) is 24.7 Å². The zero-order valence-electron chi connectivity index (χ0n) is 18.0. The highest BCUT2D eigenvalue weighted by Gasteiger charge is 2.35. The molecule has 5 rings (SSSR count). The van der Waals surface area contributed by atoms with Crippen molar-refractivity contribution >= 4 is 23.3 Å². The van der Waals surface area contributed by atoms with E-state index in [4.69, 9.17) is 4.74 Å². The van der Waals surface area contributed by atoms with Crippen LogP contribution in [0.1, 0.15) is 12.8 Å². The normalized spacial score (nSPS) is 17.9. The van der Waals surface area contributed by atoms with Gasteiger partial charge >= 0.3 is 5.69 Å². The Morgan fingerprint density at radius 3 is 2.65 bits per heavy atom. The fourth-order valence-electron chi connectivity index (χ4n) is 3.87. The van der Waals surface area contributed by atoms with Crippen molar-refractivity contribution in [3.05, 3.63) is 89.8 Å². The number of nitrogens with zero attached hydrogens (tertiary/aromatic N) is 7. The van der Waals surface area contributed by atoms with Gasteiger partial charge in [0.05, 0.1) is 15.6 Å². The summed E-state index contributed by atoms with van der Waals surface area (Å²) < 4.78 is 8.04. The molecule has 11 heteroatoms. The number of anilines is 1. The van der Waals surface area contributed by atoms with Crippen LogP contribution in [-0.4, -0.2) is 47.7 Å². The van der Waals surface area contributed by atoms with Crippen molar-refractivity contribution < 1.29 is 9.66 Å². The molecule has 0 N–H and O–H groups in total. The molecule has 34 heavy (non-hydrogen) atoms. The van der Waals surface area contributed by atoms with Crippen molar-refractivity contribution in [2.75, 3.05) is 11.4 Å². The van der Waals surface area contributed by atoms with Crippen molar-refractivity contribution in [2.45, 2.75) is 29.3 Å². The van der Waals surface area contributed by atoms with Crippen LogP contribution in [0.5, 0.6) is 5.75 Å². The lowest BCUT2D eigenvalue weighted by atomic mass is 10.1. The Morgan fingerprint density at radius 1 is 1.06 bits per heavy atom. The molecule has 1 saturated heterocycles. The molecule has 0 aliphatic carbocycles. The summed E-state index contributed by atoms with van der Waals surface area (Å²) in [4.78, 5) is 25.9. The number of nitro groups is 1. The third-order valence-electron chi connectivity index (χ3n) is 5.46. The average molecular weight is 476 g/mol. The quantitative estimate of drug-likeness (QED) is 0.288. The molecule has 10 nitrogen and oxygen atoms in total. The number of thioether (sulfide) groups is 1. The maximum Gasteiger partial charge on any atom is 0.311 e. The molecule has 4 heterocycles. The first kappa shape index (κ1) is 21.8. The molecular weight excluding hydrogens is 454 g/mol. The molecule has 3 aromatic heterocycles. The highest BCUT2D eigenvalue weighted by Crippen LogP contribution is 2.37. The lowest BCUT2D eigenvalue weighted by Gasteiger charge is -2.39. The molecule has 1 aromatic carbocycles. The van der Waals surface area contributed by atoms with Crippen molar-refractivity contribution in [3.8, 4) is 11.4 Å². The zero-order chi connectivity index (χ0) is 23.3. The van der Waals surface area contributed by atoms with E-state index in [2.05, 4.69) is 20.1 Å². The predicted octanol–water partition coefficient (Wildman–Crippen LogP) is 4.13. The van der Waals surface area contributed by atoms with Crippen LogP contribution in [0.4, 0.5) is 11.5 Å². The number of benzene rings is 1. The van der Waals surface area contributed by atoms with Crippen LogP contribution >= 0.6 is 11.8 Å². The van der Waals surface area contributed by atoms with Crippen LogP contribution < -0.4 is 9.64 Å². The first-order chi connectivity index (χ1) is 16.7. The Hall–Kier alpha value is -3.99. The Kier molecular flexibility index (Phi) is 6.34. The lowest BCUT2D eigenvalue weighted by Crippen LogP contribution is -2.47. The summed E-state index contributed by atoms with van der Waals surface area (Å²) in [6, 6.07) is 16.4. The van der Waals surface area contributed by atoms with Gasteiger partial charge in [-0.3, -0.25) is 10.1 Å². The van der Waals surface area contributed by atoms with Gasteiger partial charge in [0.2, 0.25) is 5.82 Å². The fourth-order valence-corrected chi connectivity index (χ4v) is 4.98. The Labute approximate surface area is 199 Å². The SMILES string of the molecule is O=[N+]([O-])c1cccnc1N1CCC(Sc2ccccn2)CC1Oc1ccc(-n2cncn2)cc1. The van der Waals surface area contributed by atoms with E-state index in [1.807, 2.05) is 47.4 Å². The molecule has 2 unspecified atom stereocenters. The van der Waals surface area contributed by atoms with Crippen molar-refractivity contribution in [3.63, 3.8) is 0 Å². The van der Waals surface area contributed by atoms with Gasteiger partial charge in [0.25, 0.3) is 0 Å². The van der Waals surface area contributed by atoms with Gasteiger partial charge < -0.3 is 9.64 Å². The van der Waals surface area contributed by atoms with E-state index >= 15 is 0 Å². The Balaban J connectivity index is 1.40. The summed E-state index contributed by atoms with van der Waals surface area (Å²) in [6.07, 6.45) is 7.49. The standard InChI is InChI=1S/C23H21N7O3S/c31-30(32)20-4-3-12-26-23(20)28-13-10-19(34-21-5-1-2-11-25-21)14-22(28)33-18-8-6-17(7-9-18)29-16-24-15-27-29/h1-9,11-12,15-16,19,22H,10,13-14H2. The topological polar surface area (TPSA) is 112 Å². The van der Waals surface area contributed by atoms with E-state index < -0.39 is 11.2 Å². The van der Waals surface area contributed by atoms with Gasteiger partial charge in [-0.1, -0.05) is 6.07 Å². The van der Waals surface area contributed by atoms with E-state index in [-0.39, 0.29) is 10.9 Å². The van der Waals surface area contributed by atoms with Crippen LogP contribution in [0.3, 0.4) is 0 Å². The zero-order valence-corrected chi connectivity index (χ0v) is 18.9. The van der Waals surface area contributed by atoms with Gasteiger partial charge in [0.15, 0.2) is 6.23 Å². The molecular formula is C23H21N7O3S. The van der Waals surface area contributed by atoms with Gasteiger partial charge in [0, 0.05) is 36.7 Å². The summed E-state index contributed by atoms with van der Waals surface area (Å²) in [7, 11) is 0. The number of aromatic nitrogens is 5. The molecule has 1 aliphatic rings. The smallest absolute Gasteiger partial charge is 0.311 e. The summed E-state index contributed by atoms with van der Waals surface area (Å²) >= 11 is 1.70. The summed E-state index contributed by atoms with van der Waals surface area (Å²) in [5, 5.41) is 17.0. The minimum atomic E-state index is -0.430. The van der Waals surface area contributed by atoms with Gasteiger partial charge in [-0.15, -0.1) is 11.8 Å². The Bertz CT molecular complexity index is 1240. The van der Waals surface area contributed by atoms with E-state index in [9.17, 15) is 10.1 Å². The van der Waals surface area contributed by atoms with Gasteiger partial charge in [-0.25, -0.2) is 19.6 Å². The maximum atomic E-state index is 11.7. The summed E-state index contributed by atoms with van der Waals surface area (Å²) in [6.45, 7) is 0.573. The molecule has 4 aromatic rings. The number of ether oxygens (including phenoxy) is 1. The van der Waals surface area contributed by atoms with E-state index in [1.165, 1.54) is 12.4 Å². The van der Waals surface area contributed by atoms with Crippen LogP contribution in [0.25, 0.3) is 5.69 Å². The van der Waals surface area contributed by atoms with E-state index in [0.717, 1.165) is 17.1 Å². The third kappa shape index (κ3) is 4.84. The molecule has 0 bridgehead atoms. The van der Waals surface area contributed by atoms with Gasteiger partial charge in [0.1, 0.15) is 18.4 Å². The number of piperidine rings is 1.